The van der Waals surface area contributed by atoms with Gasteiger partial charge in [0.2, 0.25) is 0 Å². The average molecular weight is 243 g/mol. The molecule has 0 bridgehead atoms. The molecule has 0 radical (unpaired) electrons. The van der Waals surface area contributed by atoms with Crippen LogP contribution in [-0.4, -0.2) is 27.6 Å². The number of aromatic nitrogens is 3. The van der Waals surface area contributed by atoms with Gasteiger partial charge in [-0.3, -0.25) is 9.78 Å². The first-order valence-corrected chi connectivity index (χ1v) is 5.53. The molecule has 2 aromatic heterocycles. The molecule has 0 saturated heterocycles. The van der Waals surface area contributed by atoms with E-state index < -0.39 is 0 Å². The lowest BCUT2D eigenvalue weighted by atomic mass is 10.3. The van der Waals surface area contributed by atoms with Gasteiger partial charge in [0.25, 0.3) is 5.91 Å². The Bertz CT molecular complexity index is 526. The zero-order chi connectivity index (χ0) is 13.0. The van der Waals surface area contributed by atoms with E-state index in [9.17, 15) is 4.79 Å². The van der Waals surface area contributed by atoms with Crippen molar-refractivity contribution in [3.8, 4) is 0 Å². The predicted octanol–water partition coefficient (Wildman–Crippen LogP) is 1.12. The van der Waals surface area contributed by atoms with Crippen molar-refractivity contribution in [1.29, 1.82) is 0 Å². The van der Waals surface area contributed by atoms with Crippen molar-refractivity contribution in [3.63, 3.8) is 0 Å². The number of nitrogen functional groups attached to an aromatic ring is 1. The Morgan fingerprint density at radius 2 is 1.94 bits per heavy atom. The van der Waals surface area contributed by atoms with Crippen LogP contribution < -0.4 is 10.6 Å². The number of rotatable bonds is 3. The van der Waals surface area contributed by atoms with Crippen LogP contribution in [0.15, 0.2) is 36.7 Å². The van der Waals surface area contributed by atoms with Crippen LogP contribution in [0, 0.1) is 0 Å². The number of carbonyl (C=O) groups is 1. The Morgan fingerprint density at radius 1 is 1.22 bits per heavy atom. The lowest BCUT2D eigenvalue weighted by Gasteiger charge is -2.19. The summed E-state index contributed by atoms with van der Waals surface area (Å²) in [4.78, 5) is 17.8. The molecule has 0 aromatic carbocycles. The van der Waals surface area contributed by atoms with Crippen LogP contribution in [0.3, 0.4) is 0 Å². The van der Waals surface area contributed by atoms with Crippen LogP contribution in [0.2, 0.25) is 0 Å². The van der Waals surface area contributed by atoms with Gasteiger partial charge in [-0.2, -0.15) is 0 Å². The number of hydrogen-bond donors (Lipinski definition) is 1. The van der Waals surface area contributed by atoms with E-state index in [4.69, 9.17) is 5.73 Å². The van der Waals surface area contributed by atoms with Gasteiger partial charge in [0.1, 0.15) is 5.82 Å². The molecular weight excluding hydrogens is 230 g/mol. The summed E-state index contributed by atoms with van der Waals surface area (Å²) in [5.74, 6) is 0.0784. The van der Waals surface area contributed by atoms with E-state index in [-0.39, 0.29) is 11.6 Å². The molecular formula is C12H13N5O. The molecule has 0 atom stereocenters. The maximum atomic E-state index is 12.2. The summed E-state index contributed by atoms with van der Waals surface area (Å²) in [7, 11) is 0. The minimum absolute atomic E-state index is 0.212. The summed E-state index contributed by atoms with van der Waals surface area (Å²) in [6.07, 6.45) is 3.28. The molecule has 6 nitrogen and oxygen atoms in total. The topological polar surface area (TPSA) is 85.0 Å². The van der Waals surface area contributed by atoms with E-state index in [0.29, 0.717) is 12.4 Å². The molecule has 2 N–H and O–H groups in total. The summed E-state index contributed by atoms with van der Waals surface area (Å²) >= 11 is 0. The number of nitrogens with two attached hydrogens (primary N) is 1. The molecule has 0 saturated carbocycles. The second-order valence-electron chi connectivity index (χ2n) is 3.60. The fourth-order valence-corrected chi connectivity index (χ4v) is 1.56. The van der Waals surface area contributed by atoms with E-state index in [1.807, 2.05) is 6.92 Å². The van der Waals surface area contributed by atoms with Gasteiger partial charge in [0.05, 0.1) is 0 Å². The van der Waals surface area contributed by atoms with Gasteiger partial charge in [0.15, 0.2) is 5.69 Å². The molecule has 18 heavy (non-hydrogen) atoms. The van der Waals surface area contributed by atoms with Crippen molar-refractivity contribution < 1.29 is 4.79 Å². The highest BCUT2D eigenvalue weighted by atomic mass is 16.2. The van der Waals surface area contributed by atoms with Gasteiger partial charge in [-0.25, -0.2) is 0 Å². The van der Waals surface area contributed by atoms with Gasteiger partial charge in [-0.15, -0.1) is 10.2 Å². The van der Waals surface area contributed by atoms with Crippen molar-refractivity contribution in [2.24, 2.45) is 0 Å². The van der Waals surface area contributed by atoms with Crippen molar-refractivity contribution in [2.75, 3.05) is 17.2 Å². The van der Waals surface area contributed by atoms with Crippen LogP contribution in [0.25, 0.3) is 0 Å². The lowest BCUT2D eigenvalue weighted by Crippen LogP contribution is -2.31. The molecule has 2 rings (SSSR count). The Kier molecular flexibility index (Phi) is 3.47. The number of carbonyl (C=O) groups excluding carboxylic acids is 1. The van der Waals surface area contributed by atoms with Gasteiger partial charge >= 0.3 is 0 Å². The third kappa shape index (κ3) is 2.42. The zero-order valence-electron chi connectivity index (χ0n) is 9.95. The molecule has 0 unspecified atom stereocenters. The summed E-state index contributed by atoms with van der Waals surface area (Å²) in [6.45, 7) is 2.43. The third-order valence-corrected chi connectivity index (χ3v) is 2.44. The van der Waals surface area contributed by atoms with Gasteiger partial charge < -0.3 is 10.6 Å². The first kappa shape index (κ1) is 12.0. The van der Waals surface area contributed by atoms with Crippen molar-refractivity contribution >= 4 is 17.4 Å². The number of anilines is 2. The summed E-state index contributed by atoms with van der Waals surface area (Å²) in [5, 5.41) is 7.47. The highest BCUT2D eigenvalue weighted by molar-refractivity contribution is 6.04. The predicted molar refractivity (Wildman–Crippen MR) is 68.0 cm³/mol. The van der Waals surface area contributed by atoms with E-state index in [2.05, 4.69) is 15.2 Å². The molecule has 0 aliphatic carbocycles. The number of hydrogen-bond acceptors (Lipinski definition) is 5. The van der Waals surface area contributed by atoms with Crippen LogP contribution >= 0.6 is 0 Å². The molecule has 0 spiro atoms. The number of nitrogens with zero attached hydrogens (tertiary/aromatic N) is 4. The van der Waals surface area contributed by atoms with Crippen LogP contribution in [0.4, 0.5) is 11.5 Å². The van der Waals surface area contributed by atoms with E-state index in [1.165, 1.54) is 0 Å². The molecule has 6 heteroatoms. The van der Waals surface area contributed by atoms with Crippen molar-refractivity contribution in [1.82, 2.24) is 15.2 Å². The normalized spacial score (nSPS) is 10.1. The second-order valence-corrected chi connectivity index (χ2v) is 3.60. The smallest absolute Gasteiger partial charge is 0.278 e. The first-order chi connectivity index (χ1) is 8.72. The molecule has 92 valence electrons. The molecule has 2 heterocycles. The molecule has 0 fully saturated rings. The Morgan fingerprint density at radius 3 is 2.50 bits per heavy atom. The average Bonchev–Trinajstić information content (AvgIpc) is 2.41. The Balaban J connectivity index is 2.28. The maximum absolute atomic E-state index is 12.2. The van der Waals surface area contributed by atoms with E-state index >= 15 is 0 Å². The fourth-order valence-electron chi connectivity index (χ4n) is 1.56. The third-order valence-electron chi connectivity index (χ3n) is 2.44. The molecule has 0 aliphatic heterocycles. The number of amides is 1. The highest BCUT2D eigenvalue weighted by Gasteiger charge is 2.17. The Labute approximate surface area is 104 Å². The van der Waals surface area contributed by atoms with Crippen molar-refractivity contribution in [3.05, 3.63) is 42.4 Å². The van der Waals surface area contributed by atoms with E-state index in [0.717, 1.165) is 5.69 Å². The lowest BCUT2D eigenvalue weighted by molar-refractivity contribution is 0.0982. The minimum atomic E-state index is -0.212. The maximum Gasteiger partial charge on any atom is 0.278 e. The summed E-state index contributed by atoms with van der Waals surface area (Å²) < 4.78 is 0. The first-order valence-electron chi connectivity index (χ1n) is 5.53. The summed E-state index contributed by atoms with van der Waals surface area (Å²) in [5.41, 5.74) is 6.48. The fraction of sp³-hybridized carbons (Fsp3) is 0.167. The molecule has 1 amide bonds. The van der Waals surface area contributed by atoms with Crippen molar-refractivity contribution in [2.45, 2.75) is 6.92 Å². The monoisotopic (exact) mass is 243 g/mol. The summed E-state index contributed by atoms with van der Waals surface area (Å²) in [6, 6.07) is 6.66. The quantitative estimate of drug-likeness (QED) is 0.873. The Hall–Kier alpha value is -2.50. The standard InChI is InChI=1S/C12H13N5O/c1-2-17(9-5-7-14-8-6-9)12(18)10-3-4-11(13)16-15-10/h3-8H,2H2,1H3,(H2,13,16). The molecule has 0 aliphatic rings. The van der Waals surface area contributed by atoms with Gasteiger partial charge in [-0.1, -0.05) is 0 Å². The minimum Gasteiger partial charge on any atom is -0.382 e. The van der Waals surface area contributed by atoms with Gasteiger partial charge in [-0.05, 0) is 31.2 Å². The number of pyridine rings is 1. The SMILES string of the molecule is CCN(C(=O)c1ccc(N)nn1)c1ccncc1. The van der Waals surface area contributed by atoms with E-state index in [1.54, 1.807) is 41.6 Å². The van der Waals surface area contributed by atoms with Crippen LogP contribution in [-0.2, 0) is 0 Å². The molecule has 2 aromatic rings. The largest absolute Gasteiger partial charge is 0.382 e. The highest BCUT2D eigenvalue weighted by Crippen LogP contribution is 2.14. The van der Waals surface area contributed by atoms with Crippen LogP contribution in [0.1, 0.15) is 17.4 Å². The second kappa shape index (κ2) is 5.22. The van der Waals surface area contributed by atoms with Gasteiger partial charge in [0, 0.05) is 24.6 Å². The zero-order valence-corrected chi connectivity index (χ0v) is 9.95. The van der Waals surface area contributed by atoms with Crippen LogP contribution in [0.5, 0.6) is 0 Å².